The van der Waals surface area contributed by atoms with Crippen LogP contribution in [0.5, 0.6) is 0 Å². The highest BCUT2D eigenvalue weighted by Gasteiger charge is 2.03. The van der Waals surface area contributed by atoms with Gasteiger partial charge in [0, 0.05) is 37.6 Å². The summed E-state index contributed by atoms with van der Waals surface area (Å²) in [6, 6.07) is 8.03. The standard InChI is InChI=1S/C17H20N2O/c20-17(5-1-3-15-7-11-18-12-8-15)6-2-4-16-9-13-19-14-10-16/h7-14H,1-6H2. The van der Waals surface area contributed by atoms with Gasteiger partial charge in [-0.3, -0.25) is 14.8 Å². The Morgan fingerprint density at radius 1 is 0.750 bits per heavy atom. The first-order chi connectivity index (χ1) is 9.84. The van der Waals surface area contributed by atoms with Gasteiger partial charge < -0.3 is 0 Å². The molecule has 3 nitrogen and oxygen atoms in total. The summed E-state index contributed by atoms with van der Waals surface area (Å²) in [5.74, 6) is 0.369. The van der Waals surface area contributed by atoms with Gasteiger partial charge in [0.2, 0.25) is 0 Å². The molecule has 2 heterocycles. The lowest BCUT2D eigenvalue weighted by Gasteiger charge is -2.02. The van der Waals surface area contributed by atoms with E-state index in [2.05, 4.69) is 9.97 Å². The molecule has 2 aromatic rings. The van der Waals surface area contributed by atoms with E-state index < -0.39 is 0 Å². The first-order valence-electron chi connectivity index (χ1n) is 7.14. The molecule has 0 aromatic carbocycles. The molecule has 2 rings (SSSR count). The summed E-state index contributed by atoms with van der Waals surface area (Å²) < 4.78 is 0. The molecule has 0 aliphatic rings. The van der Waals surface area contributed by atoms with Crippen molar-refractivity contribution < 1.29 is 4.79 Å². The highest BCUT2D eigenvalue weighted by Crippen LogP contribution is 2.08. The number of aryl methyl sites for hydroxylation is 2. The number of Topliss-reactive ketones (excluding diaryl/α,β-unsaturated/α-hetero) is 1. The van der Waals surface area contributed by atoms with E-state index in [-0.39, 0.29) is 0 Å². The molecule has 0 radical (unpaired) electrons. The Hall–Kier alpha value is -2.03. The molecule has 0 N–H and O–H groups in total. The molecule has 0 spiro atoms. The van der Waals surface area contributed by atoms with Crippen LogP contribution in [0.3, 0.4) is 0 Å². The van der Waals surface area contributed by atoms with E-state index in [0.717, 1.165) is 25.7 Å². The second kappa shape index (κ2) is 8.20. The molecule has 3 heteroatoms. The fraction of sp³-hybridized carbons (Fsp3) is 0.353. The van der Waals surface area contributed by atoms with Crippen molar-refractivity contribution in [1.29, 1.82) is 0 Å². The smallest absolute Gasteiger partial charge is 0.132 e. The van der Waals surface area contributed by atoms with Crippen LogP contribution in [0, 0.1) is 0 Å². The molecule has 0 bridgehead atoms. The predicted molar refractivity (Wildman–Crippen MR) is 79.4 cm³/mol. The maximum absolute atomic E-state index is 11.8. The molecular weight excluding hydrogens is 248 g/mol. The van der Waals surface area contributed by atoms with E-state index >= 15 is 0 Å². The summed E-state index contributed by atoms with van der Waals surface area (Å²) in [6.07, 6.45) is 12.3. The van der Waals surface area contributed by atoms with Crippen LogP contribution in [0.1, 0.15) is 36.8 Å². The van der Waals surface area contributed by atoms with Gasteiger partial charge >= 0.3 is 0 Å². The third-order valence-corrected chi connectivity index (χ3v) is 3.34. The van der Waals surface area contributed by atoms with Gasteiger partial charge in [-0.2, -0.15) is 0 Å². The molecule has 0 fully saturated rings. The molecule has 0 amide bonds. The zero-order valence-corrected chi connectivity index (χ0v) is 11.7. The van der Waals surface area contributed by atoms with Crippen LogP contribution >= 0.6 is 0 Å². The SMILES string of the molecule is O=C(CCCc1ccncc1)CCCc1ccncc1. The number of hydrogen-bond acceptors (Lipinski definition) is 3. The van der Waals surface area contributed by atoms with Crippen molar-refractivity contribution >= 4 is 5.78 Å². The number of aromatic nitrogens is 2. The predicted octanol–water partition coefficient (Wildman–Crippen LogP) is 3.39. The van der Waals surface area contributed by atoms with Crippen LogP contribution in [0.2, 0.25) is 0 Å². The van der Waals surface area contributed by atoms with Crippen molar-refractivity contribution in [1.82, 2.24) is 9.97 Å². The number of carbonyl (C=O) groups excluding carboxylic acids is 1. The van der Waals surface area contributed by atoms with E-state index in [4.69, 9.17) is 0 Å². The Bertz CT molecular complexity index is 464. The number of nitrogens with zero attached hydrogens (tertiary/aromatic N) is 2. The summed E-state index contributed by atoms with van der Waals surface area (Å²) in [5.41, 5.74) is 2.51. The van der Waals surface area contributed by atoms with Crippen LogP contribution < -0.4 is 0 Å². The quantitative estimate of drug-likeness (QED) is 0.737. The molecule has 0 saturated heterocycles. The number of pyridine rings is 2. The number of ketones is 1. The van der Waals surface area contributed by atoms with Gasteiger partial charge in [0.15, 0.2) is 0 Å². The molecule has 104 valence electrons. The van der Waals surface area contributed by atoms with Gasteiger partial charge in [-0.05, 0) is 61.1 Å². The Balaban J connectivity index is 1.59. The zero-order valence-electron chi connectivity index (χ0n) is 11.7. The largest absolute Gasteiger partial charge is 0.300 e. The first kappa shape index (κ1) is 14.4. The fourth-order valence-electron chi connectivity index (χ4n) is 2.20. The highest BCUT2D eigenvalue weighted by atomic mass is 16.1. The molecular formula is C17H20N2O. The Morgan fingerprint density at radius 3 is 1.55 bits per heavy atom. The zero-order chi connectivity index (χ0) is 14.0. The third-order valence-electron chi connectivity index (χ3n) is 3.34. The van der Waals surface area contributed by atoms with E-state index in [1.165, 1.54) is 11.1 Å². The fourth-order valence-corrected chi connectivity index (χ4v) is 2.20. The van der Waals surface area contributed by atoms with Crippen LogP contribution in [0.15, 0.2) is 49.1 Å². The molecule has 0 atom stereocenters. The maximum atomic E-state index is 11.8. The molecule has 0 aliphatic heterocycles. The Morgan fingerprint density at radius 2 is 1.15 bits per heavy atom. The minimum Gasteiger partial charge on any atom is -0.300 e. The lowest BCUT2D eigenvalue weighted by molar-refractivity contribution is -0.119. The van der Waals surface area contributed by atoms with Crippen LogP contribution in [0.4, 0.5) is 0 Å². The van der Waals surface area contributed by atoms with Gasteiger partial charge in [0.05, 0.1) is 0 Å². The van der Waals surface area contributed by atoms with Crippen molar-refractivity contribution in [2.45, 2.75) is 38.5 Å². The lowest BCUT2D eigenvalue weighted by atomic mass is 10.0. The monoisotopic (exact) mass is 268 g/mol. The molecule has 2 aromatic heterocycles. The van der Waals surface area contributed by atoms with Gasteiger partial charge in [-0.15, -0.1) is 0 Å². The minimum absolute atomic E-state index is 0.369. The summed E-state index contributed by atoms with van der Waals surface area (Å²) in [4.78, 5) is 19.8. The van der Waals surface area contributed by atoms with Crippen molar-refractivity contribution in [3.8, 4) is 0 Å². The summed E-state index contributed by atoms with van der Waals surface area (Å²) in [5, 5.41) is 0. The summed E-state index contributed by atoms with van der Waals surface area (Å²) in [7, 11) is 0. The number of carbonyl (C=O) groups is 1. The topological polar surface area (TPSA) is 42.9 Å². The Kier molecular flexibility index (Phi) is 5.90. The summed E-state index contributed by atoms with van der Waals surface area (Å²) >= 11 is 0. The number of hydrogen-bond donors (Lipinski definition) is 0. The highest BCUT2D eigenvalue weighted by molar-refractivity contribution is 5.78. The van der Waals surface area contributed by atoms with Crippen molar-refractivity contribution in [3.05, 3.63) is 60.2 Å². The van der Waals surface area contributed by atoms with E-state index in [1.54, 1.807) is 24.8 Å². The Labute approximate surface area is 120 Å². The van der Waals surface area contributed by atoms with Crippen molar-refractivity contribution in [3.63, 3.8) is 0 Å². The maximum Gasteiger partial charge on any atom is 0.132 e. The first-order valence-corrected chi connectivity index (χ1v) is 7.14. The van der Waals surface area contributed by atoms with Gasteiger partial charge in [0.1, 0.15) is 5.78 Å². The van der Waals surface area contributed by atoms with Crippen LogP contribution in [-0.4, -0.2) is 15.8 Å². The van der Waals surface area contributed by atoms with E-state index in [1.807, 2.05) is 24.3 Å². The minimum atomic E-state index is 0.369. The van der Waals surface area contributed by atoms with Gasteiger partial charge in [-0.25, -0.2) is 0 Å². The third kappa shape index (κ3) is 5.31. The average molecular weight is 268 g/mol. The number of rotatable bonds is 8. The van der Waals surface area contributed by atoms with Crippen molar-refractivity contribution in [2.24, 2.45) is 0 Å². The van der Waals surface area contributed by atoms with Gasteiger partial charge in [-0.1, -0.05) is 0 Å². The second-order valence-corrected chi connectivity index (χ2v) is 4.96. The molecule has 0 unspecified atom stereocenters. The van der Waals surface area contributed by atoms with Crippen molar-refractivity contribution in [2.75, 3.05) is 0 Å². The van der Waals surface area contributed by atoms with Crippen LogP contribution in [-0.2, 0) is 17.6 Å². The summed E-state index contributed by atoms with van der Waals surface area (Å²) in [6.45, 7) is 0. The van der Waals surface area contributed by atoms with E-state index in [0.29, 0.717) is 18.6 Å². The lowest BCUT2D eigenvalue weighted by Crippen LogP contribution is -2.00. The molecule has 0 saturated carbocycles. The van der Waals surface area contributed by atoms with Crippen LogP contribution in [0.25, 0.3) is 0 Å². The average Bonchev–Trinajstić information content (AvgIpc) is 2.49. The molecule has 0 aliphatic carbocycles. The molecule has 20 heavy (non-hydrogen) atoms. The normalized spacial score (nSPS) is 10.4. The van der Waals surface area contributed by atoms with Gasteiger partial charge in [0.25, 0.3) is 0 Å². The van der Waals surface area contributed by atoms with E-state index in [9.17, 15) is 4.79 Å². The second-order valence-electron chi connectivity index (χ2n) is 4.96.